The lowest BCUT2D eigenvalue weighted by Crippen LogP contribution is -2.22. The fourth-order valence-electron chi connectivity index (χ4n) is 1.22. The summed E-state index contributed by atoms with van der Waals surface area (Å²) in [5, 5.41) is 8.55. The Morgan fingerprint density at radius 2 is 2.38 bits per heavy atom. The van der Waals surface area contributed by atoms with E-state index in [9.17, 15) is 9.59 Å². The van der Waals surface area contributed by atoms with Crippen molar-refractivity contribution in [3.05, 3.63) is 22.5 Å². The first-order chi connectivity index (χ1) is 7.63. The zero-order valence-corrected chi connectivity index (χ0v) is 9.19. The molecule has 0 aliphatic rings. The Morgan fingerprint density at radius 3 is 2.94 bits per heavy atom. The van der Waals surface area contributed by atoms with Crippen molar-refractivity contribution in [2.45, 2.75) is 19.8 Å². The fraction of sp³-hybridized carbons (Fsp3) is 0.500. The maximum absolute atomic E-state index is 11.6. The molecule has 0 aromatic carbocycles. The first-order valence-corrected chi connectivity index (χ1v) is 5.20. The van der Waals surface area contributed by atoms with Crippen LogP contribution in [0.15, 0.2) is 16.9 Å². The van der Waals surface area contributed by atoms with Crippen LogP contribution in [0.3, 0.4) is 0 Å². The van der Waals surface area contributed by atoms with E-state index in [1.165, 1.54) is 12.1 Å². The molecule has 88 valence electrons. The van der Waals surface area contributed by atoms with Crippen LogP contribution in [0.2, 0.25) is 0 Å². The van der Waals surface area contributed by atoms with Gasteiger partial charge in [0.1, 0.15) is 0 Å². The van der Waals surface area contributed by atoms with E-state index in [2.05, 4.69) is 15.5 Å². The maximum Gasteiger partial charge on any atom is 0.264 e. The second kappa shape index (κ2) is 6.02. The molecular formula is C10H16N4O2. The van der Waals surface area contributed by atoms with Gasteiger partial charge in [-0.2, -0.15) is 5.10 Å². The molecule has 6 nitrogen and oxygen atoms in total. The lowest BCUT2D eigenvalue weighted by molar-refractivity contribution is -0.119. The van der Waals surface area contributed by atoms with E-state index < -0.39 is 0 Å². The Labute approximate surface area is 93.2 Å². The van der Waals surface area contributed by atoms with Crippen molar-refractivity contribution in [2.24, 2.45) is 11.7 Å². The van der Waals surface area contributed by atoms with Crippen LogP contribution in [0.1, 0.15) is 19.8 Å². The summed E-state index contributed by atoms with van der Waals surface area (Å²) in [5.41, 5.74) is 5.07. The number of aromatic amines is 1. The van der Waals surface area contributed by atoms with E-state index in [4.69, 9.17) is 5.73 Å². The number of nitrogens with zero attached hydrogens (tertiary/aromatic N) is 1. The van der Waals surface area contributed by atoms with E-state index in [1.807, 2.05) is 6.92 Å². The molecule has 1 unspecified atom stereocenters. The van der Waals surface area contributed by atoms with Gasteiger partial charge in [-0.05, 0) is 25.5 Å². The first kappa shape index (κ1) is 12.4. The van der Waals surface area contributed by atoms with Gasteiger partial charge in [0, 0.05) is 12.0 Å². The number of carbonyl (C=O) groups excluding carboxylic acids is 1. The van der Waals surface area contributed by atoms with E-state index >= 15 is 0 Å². The normalized spacial score (nSPS) is 12.1. The predicted molar refractivity (Wildman–Crippen MR) is 60.9 cm³/mol. The summed E-state index contributed by atoms with van der Waals surface area (Å²) < 4.78 is 0. The minimum Gasteiger partial charge on any atom is -0.330 e. The molecule has 0 saturated heterocycles. The zero-order chi connectivity index (χ0) is 12.0. The summed E-state index contributed by atoms with van der Waals surface area (Å²) in [4.78, 5) is 22.4. The van der Waals surface area contributed by atoms with Crippen LogP contribution in [0.5, 0.6) is 0 Å². The highest BCUT2D eigenvalue weighted by molar-refractivity contribution is 5.91. The predicted octanol–water partition coefficient (Wildman–Crippen LogP) is 0.0834. The quantitative estimate of drug-likeness (QED) is 0.659. The molecule has 0 bridgehead atoms. The Balaban J connectivity index is 2.50. The van der Waals surface area contributed by atoms with Gasteiger partial charge in [-0.25, -0.2) is 5.10 Å². The SMILES string of the molecule is CC(CCCN)C(=O)Nc1ccc(=O)[nH]n1. The van der Waals surface area contributed by atoms with Crippen LogP contribution >= 0.6 is 0 Å². The number of hydrogen-bond donors (Lipinski definition) is 3. The average Bonchev–Trinajstić information content (AvgIpc) is 2.29. The largest absolute Gasteiger partial charge is 0.330 e. The van der Waals surface area contributed by atoms with Gasteiger partial charge < -0.3 is 11.1 Å². The third-order valence-electron chi connectivity index (χ3n) is 2.22. The van der Waals surface area contributed by atoms with Crippen molar-refractivity contribution < 1.29 is 4.79 Å². The van der Waals surface area contributed by atoms with Gasteiger partial charge in [-0.15, -0.1) is 0 Å². The topological polar surface area (TPSA) is 101 Å². The standard InChI is InChI=1S/C10H16N4O2/c1-7(3-2-6-11)10(16)12-8-4-5-9(15)14-13-8/h4-5,7H,2-3,6,11H2,1H3,(H,14,15)(H,12,13,16). The highest BCUT2D eigenvalue weighted by Gasteiger charge is 2.12. The summed E-state index contributed by atoms with van der Waals surface area (Å²) in [5.74, 6) is 0.120. The van der Waals surface area contributed by atoms with Gasteiger partial charge in [-0.1, -0.05) is 6.92 Å². The molecule has 1 aromatic rings. The van der Waals surface area contributed by atoms with Crippen molar-refractivity contribution in [3.63, 3.8) is 0 Å². The monoisotopic (exact) mass is 224 g/mol. The van der Waals surface area contributed by atoms with Crippen molar-refractivity contribution in [1.29, 1.82) is 0 Å². The molecule has 1 amide bonds. The molecular weight excluding hydrogens is 208 g/mol. The molecule has 1 aromatic heterocycles. The minimum absolute atomic E-state index is 0.114. The van der Waals surface area contributed by atoms with Gasteiger partial charge in [0.25, 0.3) is 5.56 Å². The van der Waals surface area contributed by atoms with Crippen LogP contribution in [-0.2, 0) is 4.79 Å². The summed E-state index contributed by atoms with van der Waals surface area (Å²) >= 11 is 0. The fourth-order valence-corrected chi connectivity index (χ4v) is 1.22. The molecule has 1 atom stereocenters. The lowest BCUT2D eigenvalue weighted by atomic mass is 10.1. The Bertz CT molecular complexity index is 382. The van der Waals surface area contributed by atoms with E-state index in [0.717, 1.165) is 12.8 Å². The van der Waals surface area contributed by atoms with Gasteiger partial charge in [0.05, 0.1) is 0 Å². The van der Waals surface area contributed by atoms with E-state index in [0.29, 0.717) is 12.4 Å². The lowest BCUT2D eigenvalue weighted by Gasteiger charge is -2.10. The molecule has 0 saturated carbocycles. The molecule has 1 rings (SSSR count). The van der Waals surface area contributed by atoms with Gasteiger partial charge in [-0.3, -0.25) is 9.59 Å². The Hall–Kier alpha value is -1.69. The van der Waals surface area contributed by atoms with Gasteiger partial charge in [0.2, 0.25) is 5.91 Å². The Morgan fingerprint density at radius 1 is 1.62 bits per heavy atom. The summed E-state index contributed by atoms with van der Waals surface area (Å²) in [6.45, 7) is 2.41. The molecule has 0 aliphatic heterocycles. The highest BCUT2D eigenvalue weighted by Crippen LogP contribution is 2.07. The van der Waals surface area contributed by atoms with E-state index in [-0.39, 0.29) is 17.4 Å². The molecule has 0 spiro atoms. The van der Waals surface area contributed by atoms with Gasteiger partial charge in [0.15, 0.2) is 5.82 Å². The van der Waals surface area contributed by atoms with Crippen LogP contribution < -0.4 is 16.6 Å². The molecule has 0 radical (unpaired) electrons. The van der Waals surface area contributed by atoms with Crippen LogP contribution in [-0.4, -0.2) is 22.6 Å². The molecule has 16 heavy (non-hydrogen) atoms. The number of rotatable bonds is 5. The second-order valence-corrected chi connectivity index (χ2v) is 3.63. The number of aromatic nitrogens is 2. The third kappa shape index (κ3) is 3.82. The zero-order valence-electron chi connectivity index (χ0n) is 9.19. The number of nitrogens with one attached hydrogen (secondary N) is 2. The molecule has 1 heterocycles. The highest BCUT2D eigenvalue weighted by atomic mass is 16.2. The summed E-state index contributed by atoms with van der Waals surface area (Å²) in [6.07, 6.45) is 1.55. The number of amides is 1. The first-order valence-electron chi connectivity index (χ1n) is 5.20. The summed E-state index contributed by atoms with van der Waals surface area (Å²) in [7, 11) is 0. The van der Waals surface area contributed by atoms with Crippen molar-refractivity contribution in [3.8, 4) is 0 Å². The van der Waals surface area contributed by atoms with Crippen molar-refractivity contribution in [2.75, 3.05) is 11.9 Å². The van der Waals surface area contributed by atoms with Crippen LogP contribution in [0.25, 0.3) is 0 Å². The van der Waals surface area contributed by atoms with E-state index in [1.54, 1.807) is 0 Å². The number of anilines is 1. The van der Waals surface area contributed by atoms with Crippen LogP contribution in [0, 0.1) is 5.92 Å². The number of H-pyrrole nitrogens is 1. The Kier molecular flexibility index (Phi) is 4.65. The summed E-state index contributed by atoms with van der Waals surface area (Å²) in [6, 6.07) is 2.78. The average molecular weight is 224 g/mol. The number of hydrogen-bond acceptors (Lipinski definition) is 4. The number of carbonyl (C=O) groups is 1. The molecule has 6 heteroatoms. The molecule has 0 fully saturated rings. The second-order valence-electron chi connectivity index (χ2n) is 3.63. The van der Waals surface area contributed by atoms with Gasteiger partial charge >= 0.3 is 0 Å². The van der Waals surface area contributed by atoms with Crippen molar-refractivity contribution >= 4 is 11.7 Å². The van der Waals surface area contributed by atoms with Crippen LogP contribution in [0.4, 0.5) is 5.82 Å². The smallest absolute Gasteiger partial charge is 0.264 e. The molecule has 4 N–H and O–H groups in total. The third-order valence-corrected chi connectivity index (χ3v) is 2.22. The van der Waals surface area contributed by atoms with Crippen molar-refractivity contribution in [1.82, 2.24) is 10.2 Å². The molecule has 0 aliphatic carbocycles. The minimum atomic E-state index is -0.297. The maximum atomic E-state index is 11.6. The number of nitrogens with two attached hydrogens (primary N) is 1.